The van der Waals surface area contributed by atoms with Gasteiger partial charge < -0.3 is 18.9 Å². The molecule has 6 nitrogen and oxygen atoms in total. The Morgan fingerprint density at radius 2 is 1.57 bits per heavy atom. The number of carbonyl (C=O) groups excluding carboxylic acids is 2. The lowest BCUT2D eigenvalue weighted by Crippen LogP contribution is -2.19. The standard InChI is InChI=1S/C22H20O6/c1-14-8-9-18(20(10-14)25-2)27-13-21(23)28-19-12-16-7-5-4-6-15(16)11-17(19)22(24)26-3/h4-12H,13H2,1-3H3. The molecule has 0 aliphatic carbocycles. The lowest BCUT2D eigenvalue weighted by atomic mass is 10.1. The first-order chi connectivity index (χ1) is 13.5. The van der Waals surface area contributed by atoms with Crippen molar-refractivity contribution in [3.63, 3.8) is 0 Å². The third-order valence-corrected chi connectivity index (χ3v) is 4.14. The molecule has 0 aliphatic rings. The van der Waals surface area contributed by atoms with Crippen LogP contribution in [0.5, 0.6) is 17.2 Å². The van der Waals surface area contributed by atoms with Crippen LogP contribution in [0.1, 0.15) is 15.9 Å². The number of hydrogen-bond donors (Lipinski definition) is 0. The normalized spacial score (nSPS) is 10.4. The highest BCUT2D eigenvalue weighted by Crippen LogP contribution is 2.29. The molecule has 0 aromatic heterocycles. The fourth-order valence-electron chi connectivity index (χ4n) is 2.76. The minimum Gasteiger partial charge on any atom is -0.493 e. The minimum atomic E-state index is -0.650. The fraction of sp³-hybridized carbons (Fsp3) is 0.182. The van der Waals surface area contributed by atoms with Gasteiger partial charge in [-0.15, -0.1) is 0 Å². The fourth-order valence-corrected chi connectivity index (χ4v) is 2.76. The van der Waals surface area contributed by atoms with Crippen molar-refractivity contribution in [2.24, 2.45) is 0 Å². The van der Waals surface area contributed by atoms with E-state index in [4.69, 9.17) is 18.9 Å². The van der Waals surface area contributed by atoms with Gasteiger partial charge >= 0.3 is 11.9 Å². The molecule has 0 amide bonds. The zero-order chi connectivity index (χ0) is 20.1. The largest absolute Gasteiger partial charge is 0.493 e. The summed E-state index contributed by atoms with van der Waals surface area (Å²) in [4.78, 5) is 24.4. The Bertz CT molecular complexity index is 1020. The number of methoxy groups -OCH3 is 2. The predicted octanol–water partition coefficient (Wildman–Crippen LogP) is 3.93. The Hall–Kier alpha value is -3.54. The van der Waals surface area contributed by atoms with Crippen LogP contribution in [-0.2, 0) is 9.53 Å². The van der Waals surface area contributed by atoms with Gasteiger partial charge in [0.15, 0.2) is 18.1 Å². The first-order valence-corrected chi connectivity index (χ1v) is 8.61. The summed E-state index contributed by atoms with van der Waals surface area (Å²) in [6, 6.07) is 16.1. The molecule has 0 N–H and O–H groups in total. The quantitative estimate of drug-likeness (QED) is 0.477. The van der Waals surface area contributed by atoms with Gasteiger partial charge in [0.05, 0.1) is 14.2 Å². The number of ether oxygens (including phenoxy) is 4. The summed E-state index contributed by atoms with van der Waals surface area (Å²) < 4.78 is 21.0. The molecule has 0 atom stereocenters. The summed E-state index contributed by atoms with van der Waals surface area (Å²) in [6.45, 7) is 1.58. The van der Waals surface area contributed by atoms with Gasteiger partial charge in [0.1, 0.15) is 11.3 Å². The van der Waals surface area contributed by atoms with Crippen LogP contribution < -0.4 is 14.2 Å². The second-order valence-corrected chi connectivity index (χ2v) is 6.10. The molecule has 0 unspecified atom stereocenters. The van der Waals surface area contributed by atoms with Gasteiger partial charge in [-0.05, 0) is 47.5 Å². The molecule has 0 saturated carbocycles. The van der Waals surface area contributed by atoms with Crippen molar-refractivity contribution in [1.29, 1.82) is 0 Å². The van der Waals surface area contributed by atoms with E-state index in [9.17, 15) is 9.59 Å². The Kier molecular flexibility index (Phi) is 5.79. The van der Waals surface area contributed by atoms with Crippen LogP contribution in [-0.4, -0.2) is 32.8 Å². The predicted molar refractivity (Wildman–Crippen MR) is 104 cm³/mol. The van der Waals surface area contributed by atoms with Crippen LogP contribution in [0.15, 0.2) is 54.6 Å². The zero-order valence-corrected chi connectivity index (χ0v) is 15.9. The summed E-state index contributed by atoms with van der Waals surface area (Å²) in [5.41, 5.74) is 1.17. The summed E-state index contributed by atoms with van der Waals surface area (Å²) in [5.74, 6) is -0.168. The van der Waals surface area contributed by atoms with Gasteiger partial charge in [-0.2, -0.15) is 0 Å². The number of esters is 2. The highest BCUT2D eigenvalue weighted by molar-refractivity contribution is 5.99. The van der Waals surface area contributed by atoms with Crippen LogP contribution in [0, 0.1) is 6.92 Å². The molecule has 144 valence electrons. The van der Waals surface area contributed by atoms with Gasteiger partial charge in [0, 0.05) is 0 Å². The van der Waals surface area contributed by atoms with Crippen LogP contribution in [0.4, 0.5) is 0 Å². The zero-order valence-electron chi connectivity index (χ0n) is 15.9. The van der Waals surface area contributed by atoms with E-state index < -0.39 is 11.9 Å². The SMILES string of the molecule is COC(=O)c1cc2ccccc2cc1OC(=O)COc1ccc(C)cc1OC. The molecule has 0 aliphatic heterocycles. The average molecular weight is 380 g/mol. The van der Waals surface area contributed by atoms with E-state index in [1.807, 2.05) is 37.3 Å². The molecule has 6 heteroatoms. The molecule has 0 radical (unpaired) electrons. The molecule has 3 rings (SSSR count). The molecule has 0 heterocycles. The maximum Gasteiger partial charge on any atom is 0.349 e. The number of rotatable bonds is 6. The molecular weight excluding hydrogens is 360 g/mol. The molecular formula is C22H20O6. The Morgan fingerprint density at radius 3 is 2.25 bits per heavy atom. The average Bonchev–Trinajstić information content (AvgIpc) is 2.71. The number of aryl methyl sites for hydroxylation is 1. The Balaban J connectivity index is 1.79. The maximum absolute atomic E-state index is 12.3. The smallest absolute Gasteiger partial charge is 0.349 e. The van der Waals surface area contributed by atoms with Gasteiger partial charge in [0.25, 0.3) is 0 Å². The molecule has 0 fully saturated rings. The van der Waals surface area contributed by atoms with Crippen molar-refractivity contribution in [3.8, 4) is 17.2 Å². The highest BCUT2D eigenvalue weighted by atomic mass is 16.6. The van der Waals surface area contributed by atoms with E-state index in [0.717, 1.165) is 16.3 Å². The number of fused-ring (bicyclic) bond motifs is 1. The van der Waals surface area contributed by atoms with Crippen molar-refractivity contribution in [2.75, 3.05) is 20.8 Å². The van der Waals surface area contributed by atoms with Gasteiger partial charge in [-0.25, -0.2) is 9.59 Å². The monoisotopic (exact) mass is 380 g/mol. The molecule has 0 spiro atoms. The van der Waals surface area contributed by atoms with Gasteiger partial charge in [-0.1, -0.05) is 30.3 Å². The molecule has 3 aromatic carbocycles. The van der Waals surface area contributed by atoms with Gasteiger partial charge in [0.2, 0.25) is 0 Å². The first-order valence-electron chi connectivity index (χ1n) is 8.61. The van der Waals surface area contributed by atoms with Crippen molar-refractivity contribution in [1.82, 2.24) is 0 Å². The van der Waals surface area contributed by atoms with E-state index >= 15 is 0 Å². The topological polar surface area (TPSA) is 71.1 Å². The summed E-state index contributed by atoms with van der Waals surface area (Å²) >= 11 is 0. The third kappa shape index (κ3) is 4.23. The van der Waals surface area contributed by atoms with E-state index in [0.29, 0.717) is 11.5 Å². The number of carbonyl (C=O) groups is 2. The first kappa shape index (κ1) is 19.2. The van der Waals surface area contributed by atoms with Crippen molar-refractivity contribution >= 4 is 22.7 Å². The van der Waals surface area contributed by atoms with Crippen molar-refractivity contribution in [3.05, 3.63) is 65.7 Å². The van der Waals surface area contributed by atoms with Crippen LogP contribution in [0.25, 0.3) is 10.8 Å². The number of benzene rings is 3. The molecule has 3 aromatic rings. The van der Waals surface area contributed by atoms with E-state index in [2.05, 4.69) is 0 Å². The van der Waals surface area contributed by atoms with Crippen LogP contribution >= 0.6 is 0 Å². The van der Waals surface area contributed by atoms with E-state index in [1.54, 1.807) is 24.3 Å². The maximum atomic E-state index is 12.3. The third-order valence-electron chi connectivity index (χ3n) is 4.14. The van der Waals surface area contributed by atoms with Gasteiger partial charge in [-0.3, -0.25) is 0 Å². The summed E-state index contributed by atoms with van der Waals surface area (Å²) in [5, 5.41) is 1.67. The number of hydrogen-bond acceptors (Lipinski definition) is 6. The lowest BCUT2D eigenvalue weighted by Gasteiger charge is -2.13. The second-order valence-electron chi connectivity index (χ2n) is 6.10. The molecule has 0 saturated heterocycles. The van der Waals surface area contributed by atoms with Crippen LogP contribution in [0.3, 0.4) is 0 Å². The second kappa shape index (κ2) is 8.43. The Labute approximate surface area is 162 Å². The molecule has 28 heavy (non-hydrogen) atoms. The van der Waals surface area contributed by atoms with E-state index in [-0.39, 0.29) is 17.9 Å². The lowest BCUT2D eigenvalue weighted by molar-refractivity contribution is -0.136. The summed E-state index contributed by atoms with van der Waals surface area (Å²) in [7, 11) is 2.80. The van der Waals surface area contributed by atoms with Crippen molar-refractivity contribution in [2.45, 2.75) is 6.92 Å². The van der Waals surface area contributed by atoms with E-state index in [1.165, 1.54) is 14.2 Å². The Morgan fingerprint density at radius 1 is 0.857 bits per heavy atom. The summed E-state index contributed by atoms with van der Waals surface area (Å²) in [6.07, 6.45) is 0. The highest BCUT2D eigenvalue weighted by Gasteiger charge is 2.18. The molecule has 0 bridgehead atoms. The minimum absolute atomic E-state index is 0.120. The van der Waals surface area contributed by atoms with Crippen molar-refractivity contribution < 1.29 is 28.5 Å². The van der Waals surface area contributed by atoms with Crippen LogP contribution in [0.2, 0.25) is 0 Å².